The minimum Gasteiger partial charge on any atom is -0.493 e. The second kappa shape index (κ2) is 8.31. The Bertz CT molecular complexity index is 569. The molecular weight excluding hydrogens is 266 g/mol. The molecule has 0 saturated carbocycles. The topological polar surface area (TPSA) is 35.2 Å². The quantitative estimate of drug-likeness (QED) is 0.520. The van der Waals surface area contributed by atoms with Gasteiger partial charge in [-0.15, -0.1) is 11.8 Å². The highest BCUT2D eigenvalue weighted by Crippen LogP contribution is 2.17. The van der Waals surface area contributed by atoms with Crippen molar-refractivity contribution in [2.24, 2.45) is 5.73 Å². The van der Waals surface area contributed by atoms with Gasteiger partial charge in [-0.1, -0.05) is 30.0 Å². The molecule has 0 radical (unpaired) electrons. The van der Waals surface area contributed by atoms with Crippen LogP contribution in [0.2, 0.25) is 0 Å². The van der Waals surface area contributed by atoms with Gasteiger partial charge in [-0.2, -0.15) is 0 Å². The van der Waals surface area contributed by atoms with Crippen LogP contribution in [0.3, 0.4) is 0 Å². The van der Waals surface area contributed by atoms with Gasteiger partial charge in [-0.25, -0.2) is 0 Å². The molecule has 2 N–H and O–H groups in total. The molecular formula is C17H17NOS. The van der Waals surface area contributed by atoms with Gasteiger partial charge in [0.25, 0.3) is 0 Å². The first-order chi connectivity index (χ1) is 9.88. The molecule has 0 heterocycles. The number of thioether (sulfide) groups is 1. The highest BCUT2D eigenvalue weighted by atomic mass is 32.2. The SMILES string of the molecule is NCC#Cc1ccc(OCCSc2ccccc2)cc1. The maximum absolute atomic E-state index is 5.69. The van der Waals surface area contributed by atoms with Crippen molar-refractivity contribution in [3.05, 3.63) is 60.2 Å². The average molecular weight is 283 g/mol. The van der Waals surface area contributed by atoms with Gasteiger partial charge < -0.3 is 10.5 Å². The van der Waals surface area contributed by atoms with E-state index in [4.69, 9.17) is 10.5 Å². The van der Waals surface area contributed by atoms with E-state index in [1.807, 2.05) is 42.5 Å². The fraction of sp³-hybridized carbons (Fsp3) is 0.176. The molecule has 0 fully saturated rings. The molecule has 0 aliphatic carbocycles. The van der Waals surface area contributed by atoms with Gasteiger partial charge in [0.1, 0.15) is 5.75 Å². The lowest BCUT2D eigenvalue weighted by atomic mass is 10.2. The van der Waals surface area contributed by atoms with Crippen LogP contribution < -0.4 is 10.5 Å². The van der Waals surface area contributed by atoms with Crippen molar-refractivity contribution >= 4 is 11.8 Å². The molecule has 0 aliphatic heterocycles. The molecule has 0 saturated heterocycles. The van der Waals surface area contributed by atoms with Gasteiger partial charge in [0.05, 0.1) is 13.2 Å². The van der Waals surface area contributed by atoms with Crippen molar-refractivity contribution in [1.82, 2.24) is 0 Å². The summed E-state index contributed by atoms with van der Waals surface area (Å²) >= 11 is 1.79. The minimum absolute atomic E-state index is 0.384. The largest absolute Gasteiger partial charge is 0.493 e. The maximum atomic E-state index is 5.69. The van der Waals surface area contributed by atoms with E-state index in [1.165, 1.54) is 4.90 Å². The molecule has 2 aromatic rings. The predicted molar refractivity (Wildman–Crippen MR) is 85.0 cm³/mol. The third-order valence-electron chi connectivity index (χ3n) is 2.55. The fourth-order valence-corrected chi connectivity index (χ4v) is 2.38. The van der Waals surface area contributed by atoms with Crippen LogP contribution in [0.25, 0.3) is 0 Å². The van der Waals surface area contributed by atoms with Crippen molar-refractivity contribution < 1.29 is 4.74 Å². The Kier molecular flexibility index (Phi) is 6.04. The van der Waals surface area contributed by atoms with Crippen LogP contribution in [0.5, 0.6) is 5.75 Å². The van der Waals surface area contributed by atoms with Gasteiger partial charge in [0, 0.05) is 16.2 Å². The van der Waals surface area contributed by atoms with E-state index in [2.05, 4.69) is 24.0 Å². The number of rotatable bonds is 5. The number of benzene rings is 2. The van der Waals surface area contributed by atoms with Gasteiger partial charge in [-0.3, -0.25) is 0 Å². The molecule has 2 aromatic carbocycles. The summed E-state index contributed by atoms with van der Waals surface area (Å²) in [5, 5.41) is 0. The first kappa shape index (κ1) is 14.5. The zero-order chi connectivity index (χ0) is 14.0. The monoisotopic (exact) mass is 283 g/mol. The van der Waals surface area contributed by atoms with Crippen LogP contribution in [-0.4, -0.2) is 18.9 Å². The number of hydrogen-bond donors (Lipinski definition) is 1. The molecule has 3 heteroatoms. The van der Waals surface area contributed by atoms with Crippen molar-refractivity contribution in [2.45, 2.75) is 4.90 Å². The molecule has 0 amide bonds. The normalized spacial score (nSPS) is 9.65. The highest BCUT2D eigenvalue weighted by molar-refractivity contribution is 7.99. The molecule has 0 aromatic heterocycles. The molecule has 2 nitrogen and oxygen atoms in total. The molecule has 0 spiro atoms. The fourth-order valence-electron chi connectivity index (χ4n) is 1.62. The van der Waals surface area contributed by atoms with Crippen LogP contribution in [0.4, 0.5) is 0 Å². The van der Waals surface area contributed by atoms with Crippen molar-refractivity contribution in [3.8, 4) is 17.6 Å². The Labute approximate surface area is 124 Å². The van der Waals surface area contributed by atoms with Crippen LogP contribution in [0.15, 0.2) is 59.5 Å². The Morgan fingerprint density at radius 2 is 1.75 bits per heavy atom. The van der Waals surface area contributed by atoms with E-state index in [9.17, 15) is 0 Å². The molecule has 0 atom stereocenters. The van der Waals surface area contributed by atoms with Crippen LogP contribution >= 0.6 is 11.8 Å². The second-order valence-corrected chi connectivity index (χ2v) is 5.21. The van der Waals surface area contributed by atoms with Crippen LogP contribution in [-0.2, 0) is 0 Å². The van der Waals surface area contributed by atoms with Crippen molar-refractivity contribution in [3.63, 3.8) is 0 Å². The zero-order valence-electron chi connectivity index (χ0n) is 11.2. The first-order valence-electron chi connectivity index (χ1n) is 6.48. The zero-order valence-corrected chi connectivity index (χ0v) is 12.0. The summed E-state index contributed by atoms with van der Waals surface area (Å²) in [6.45, 7) is 1.07. The Morgan fingerprint density at radius 1 is 1.00 bits per heavy atom. The smallest absolute Gasteiger partial charge is 0.119 e. The minimum atomic E-state index is 0.384. The summed E-state index contributed by atoms with van der Waals surface area (Å²) in [5.41, 5.74) is 6.29. The Morgan fingerprint density at radius 3 is 2.45 bits per heavy atom. The summed E-state index contributed by atoms with van der Waals surface area (Å²) in [6.07, 6.45) is 0. The van der Waals surface area contributed by atoms with E-state index < -0.39 is 0 Å². The van der Waals surface area contributed by atoms with Gasteiger partial charge in [0.15, 0.2) is 0 Å². The first-order valence-corrected chi connectivity index (χ1v) is 7.47. The molecule has 0 unspecified atom stereocenters. The lowest BCUT2D eigenvalue weighted by Crippen LogP contribution is -1.99. The predicted octanol–water partition coefficient (Wildman–Crippen LogP) is 3.17. The summed E-state index contributed by atoms with van der Waals surface area (Å²) in [7, 11) is 0. The lowest BCUT2D eigenvalue weighted by Gasteiger charge is -2.06. The molecule has 20 heavy (non-hydrogen) atoms. The third-order valence-corrected chi connectivity index (χ3v) is 3.53. The Balaban J connectivity index is 1.74. The summed E-state index contributed by atoms with van der Waals surface area (Å²) in [5.74, 6) is 7.62. The van der Waals surface area contributed by atoms with Crippen molar-refractivity contribution in [2.75, 3.05) is 18.9 Å². The number of hydrogen-bond acceptors (Lipinski definition) is 3. The van der Waals surface area contributed by atoms with E-state index in [-0.39, 0.29) is 0 Å². The number of nitrogens with two attached hydrogens (primary N) is 1. The van der Waals surface area contributed by atoms with E-state index in [0.717, 1.165) is 17.1 Å². The van der Waals surface area contributed by atoms with E-state index >= 15 is 0 Å². The highest BCUT2D eigenvalue weighted by Gasteiger charge is 1.96. The molecule has 0 aliphatic rings. The van der Waals surface area contributed by atoms with Gasteiger partial charge in [-0.05, 0) is 36.4 Å². The van der Waals surface area contributed by atoms with E-state index in [1.54, 1.807) is 11.8 Å². The standard InChI is InChI=1S/C17H17NOS/c18-12-4-5-15-8-10-16(11-9-15)19-13-14-20-17-6-2-1-3-7-17/h1-3,6-11H,12-14,18H2. The number of ether oxygens (including phenoxy) is 1. The summed E-state index contributed by atoms with van der Waals surface area (Å²) < 4.78 is 5.69. The molecule has 102 valence electrons. The van der Waals surface area contributed by atoms with Crippen LogP contribution in [0.1, 0.15) is 5.56 Å². The third kappa shape index (κ3) is 5.00. The van der Waals surface area contributed by atoms with Crippen molar-refractivity contribution in [1.29, 1.82) is 0 Å². The van der Waals surface area contributed by atoms with E-state index in [0.29, 0.717) is 13.2 Å². The molecule has 2 rings (SSSR count). The van der Waals surface area contributed by atoms with Gasteiger partial charge in [0.2, 0.25) is 0 Å². The van der Waals surface area contributed by atoms with Gasteiger partial charge >= 0.3 is 0 Å². The molecule has 0 bridgehead atoms. The lowest BCUT2D eigenvalue weighted by molar-refractivity contribution is 0.344. The maximum Gasteiger partial charge on any atom is 0.119 e. The van der Waals surface area contributed by atoms with Crippen LogP contribution in [0, 0.1) is 11.8 Å². The summed E-state index contributed by atoms with van der Waals surface area (Å²) in [4.78, 5) is 1.27. The summed E-state index contributed by atoms with van der Waals surface area (Å²) in [6, 6.07) is 18.1. The second-order valence-electron chi connectivity index (χ2n) is 4.04. The average Bonchev–Trinajstić information content (AvgIpc) is 2.52. The Hall–Kier alpha value is -1.89.